The molecule has 0 aliphatic carbocycles. The Balaban J connectivity index is 2.74. The number of carbonyl (C=O) groups excluding carboxylic acids is 1. The third-order valence-corrected chi connectivity index (χ3v) is 2.05. The summed E-state index contributed by atoms with van der Waals surface area (Å²) in [6, 6.07) is 6.89. The van der Waals surface area contributed by atoms with Crippen LogP contribution in [-0.2, 0) is 4.79 Å². The molecule has 0 saturated heterocycles. The van der Waals surface area contributed by atoms with Crippen molar-refractivity contribution in [2.24, 2.45) is 4.99 Å². The maximum absolute atomic E-state index is 11.2. The van der Waals surface area contributed by atoms with Gasteiger partial charge in [0, 0.05) is 0 Å². The van der Waals surface area contributed by atoms with Gasteiger partial charge in [-0.05, 0) is 31.3 Å². The second kappa shape index (κ2) is 5.61. The van der Waals surface area contributed by atoms with Gasteiger partial charge in [0.2, 0.25) is 0 Å². The Morgan fingerprint density at radius 2 is 2.27 bits per heavy atom. The van der Waals surface area contributed by atoms with Crippen LogP contribution in [0.1, 0.15) is 6.92 Å². The Morgan fingerprint density at radius 1 is 1.60 bits per heavy atom. The van der Waals surface area contributed by atoms with E-state index in [0.717, 1.165) is 0 Å². The van der Waals surface area contributed by atoms with Gasteiger partial charge in [0.25, 0.3) is 5.91 Å². The topological polar surface area (TPSA) is 38.7 Å². The number of hydrogen-bond acceptors (Lipinski definition) is 3. The van der Waals surface area contributed by atoms with Crippen molar-refractivity contribution in [3.63, 3.8) is 0 Å². The van der Waals surface area contributed by atoms with Gasteiger partial charge >= 0.3 is 0 Å². The normalized spacial score (nSPS) is 11.3. The van der Waals surface area contributed by atoms with E-state index < -0.39 is 12.0 Å². The van der Waals surface area contributed by atoms with Gasteiger partial charge in [-0.2, -0.15) is 4.99 Å². The maximum atomic E-state index is 11.2. The minimum atomic E-state index is -0.722. The van der Waals surface area contributed by atoms with Crippen molar-refractivity contribution in [1.29, 1.82) is 0 Å². The number of nitrogens with zero attached hydrogens (tertiary/aromatic N) is 1. The van der Waals surface area contributed by atoms with Crippen LogP contribution in [0.2, 0.25) is 5.02 Å². The summed E-state index contributed by atoms with van der Waals surface area (Å²) in [6.45, 7) is 1.57. The SMILES string of the molecule is CC(Oc1ccccc1Cl)C(=O)N=C=S. The molecule has 3 nitrogen and oxygen atoms in total. The summed E-state index contributed by atoms with van der Waals surface area (Å²) in [5, 5.41) is 2.44. The summed E-state index contributed by atoms with van der Waals surface area (Å²) in [5.41, 5.74) is 0. The molecule has 0 saturated carbocycles. The largest absolute Gasteiger partial charge is 0.479 e. The van der Waals surface area contributed by atoms with Crippen LogP contribution in [0.3, 0.4) is 0 Å². The molecule has 0 N–H and O–H groups in total. The van der Waals surface area contributed by atoms with E-state index in [2.05, 4.69) is 17.2 Å². The summed E-state index contributed by atoms with van der Waals surface area (Å²) in [4.78, 5) is 14.5. The lowest BCUT2D eigenvalue weighted by atomic mass is 10.3. The van der Waals surface area contributed by atoms with Gasteiger partial charge < -0.3 is 4.74 Å². The van der Waals surface area contributed by atoms with Crippen molar-refractivity contribution in [1.82, 2.24) is 0 Å². The predicted octanol–water partition coefficient (Wildman–Crippen LogP) is 2.74. The zero-order valence-electron chi connectivity index (χ0n) is 7.94. The number of ether oxygens (including phenoxy) is 1. The fourth-order valence-corrected chi connectivity index (χ4v) is 1.19. The van der Waals surface area contributed by atoms with E-state index in [4.69, 9.17) is 16.3 Å². The van der Waals surface area contributed by atoms with Crippen LogP contribution in [0, 0.1) is 0 Å². The molecular formula is C10H8ClNO2S. The van der Waals surface area contributed by atoms with Gasteiger partial charge in [-0.15, -0.1) is 0 Å². The van der Waals surface area contributed by atoms with Gasteiger partial charge in [-0.25, -0.2) is 0 Å². The van der Waals surface area contributed by atoms with Crippen molar-refractivity contribution in [2.75, 3.05) is 0 Å². The Labute approximate surface area is 97.7 Å². The molecule has 5 heteroatoms. The Kier molecular flexibility index (Phi) is 4.43. The number of rotatable bonds is 3. The molecule has 0 aliphatic heterocycles. The summed E-state index contributed by atoms with van der Waals surface area (Å²) in [7, 11) is 0. The summed E-state index contributed by atoms with van der Waals surface area (Å²) in [5.74, 6) is -0.0375. The van der Waals surface area contributed by atoms with Crippen molar-refractivity contribution in [3.05, 3.63) is 29.3 Å². The standard InChI is InChI=1S/C10H8ClNO2S/c1-7(10(13)12-6-15)14-9-5-3-2-4-8(9)11/h2-5,7H,1H3. The summed E-state index contributed by atoms with van der Waals surface area (Å²) < 4.78 is 5.30. The first-order valence-corrected chi connectivity index (χ1v) is 4.96. The first kappa shape index (κ1) is 11.9. The van der Waals surface area contributed by atoms with E-state index in [1.807, 2.05) is 5.16 Å². The first-order valence-electron chi connectivity index (χ1n) is 4.18. The van der Waals surface area contributed by atoms with Crippen molar-refractivity contribution in [2.45, 2.75) is 13.0 Å². The van der Waals surface area contributed by atoms with E-state index in [-0.39, 0.29) is 0 Å². The first-order chi connectivity index (χ1) is 7.15. The third kappa shape index (κ3) is 3.44. The summed E-state index contributed by atoms with van der Waals surface area (Å²) in [6.07, 6.45) is -0.722. The lowest BCUT2D eigenvalue weighted by Gasteiger charge is -2.11. The number of isothiocyanates is 1. The molecule has 1 aromatic carbocycles. The highest BCUT2D eigenvalue weighted by Gasteiger charge is 2.14. The highest BCUT2D eigenvalue weighted by Crippen LogP contribution is 2.24. The molecule has 1 aromatic rings. The van der Waals surface area contributed by atoms with Crippen LogP contribution >= 0.6 is 23.8 Å². The van der Waals surface area contributed by atoms with Crippen molar-refractivity contribution in [3.8, 4) is 5.75 Å². The van der Waals surface area contributed by atoms with Gasteiger partial charge in [-0.3, -0.25) is 4.79 Å². The number of halogens is 1. The highest BCUT2D eigenvalue weighted by atomic mass is 35.5. The average Bonchev–Trinajstić information content (AvgIpc) is 2.21. The van der Waals surface area contributed by atoms with E-state index in [1.54, 1.807) is 31.2 Å². The van der Waals surface area contributed by atoms with Crippen LogP contribution < -0.4 is 4.74 Å². The molecule has 0 fully saturated rings. The molecule has 78 valence electrons. The van der Waals surface area contributed by atoms with Crippen LogP contribution in [0.25, 0.3) is 0 Å². The van der Waals surface area contributed by atoms with Crippen LogP contribution in [0.4, 0.5) is 0 Å². The molecule has 15 heavy (non-hydrogen) atoms. The third-order valence-electron chi connectivity index (χ3n) is 1.64. The Morgan fingerprint density at radius 3 is 2.87 bits per heavy atom. The number of aliphatic imine (C=N–C) groups is 1. The lowest BCUT2D eigenvalue weighted by Crippen LogP contribution is -2.21. The molecule has 0 bridgehead atoms. The van der Waals surface area contributed by atoms with E-state index >= 15 is 0 Å². The molecular weight excluding hydrogens is 234 g/mol. The molecule has 1 rings (SSSR count). The van der Waals surface area contributed by atoms with E-state index in [0.29, 0.717) is 10.8 Å². The predicted molar refractivity (Wildman–Crippen MR) is 61.6 cm³/mol. The lowest BCUT2D eigenvalue weighted by molar-refractivity contribution is -0.123. The molecule has 1 unspecified atom stereocenters. The van der Waals surface area contributed by atoms with E-state index in [1.165, 1.54) is 0 Å². The van der Waals surface area contributed by atoms with Crippen LogP contribution in [-0.4, -0.2) is 17.2 Å². The zero-order valence-corrected chi connectivity index (χ0v) is 9.51. The molecule has 0 heterocycles. The number of amides is 1. The van der Waals surface area contributed by atoms with Gasteiger partial charge in [0.1, 0.15) is 5.75 Å². The Bertz CT molecular complexity index is 416. The quantitative estimate of drug-likeness (QED) is 0.603. The van der Waals surface area contributed by atoms with Crippen molar-refractivity contribution >= 4 is 34.9 Å². The van der Waals surface area contributed by atoms with Gasteiger partial charge in [-0.1, -0.05) is 23.7 Å². The second-order valence-corrected chi connectivity index (χ2v) is 3.32. The second-order valence-electron chi connectivity index (χ2n) is 2.73. The van der Waals surface area contributed by atoms with Crippen LogP contribution in [0.15, 0.2) is 29.3 Å². The number of para-hydroxylation sites is 1. The molecule has 1 atom stereocenters. The molecule has 1 amide bonds. The van der Waals surface area contributed by atoms with Crippen molar-refractivity contribution < 1.29 is 9.53 Å². The highest BCUT2D eigenvalue weighted by molar-refractivity contribution is 7.78. The maximum Gasteiger partial charge on any atom is 0.295 e. The minimum absolute atomic E-state index is 0.444. The molecule has 0 aliphatic rings. The average molecular weight is 242 g/mol. The van der Waals surface area contributed by atoms with Gasteiger partial charge in [0.05, 0.1) is 10.2 Å². The number of hydrogen-bond donors (Lipinski definition) is 0. The fraction of sp³-hybridized carbons (Fsp3) is 0.200. The van der Waals surface area contributed by atoms with Crippen LogP contribution in [0.5, 0.6) is 5.75 Å². The fourth-order valence-electron chi connectivity index (χ4n) is 0.917. The smallest absolute Gasteiger partial charge is 0.295 e. The molecule has 0 spiro atoms. The van der Waals surface area contributed by atoms with E-state index in [9.17, 15) is 4.79 Å². The molecule has 0 radical (unpaired) electrons. The number of carbonyl (C=O) groups is 1. The van der Waals surface area contributed by atoms with Gasteiger partial charge in [0.15, 0.2) is 6.10 Å². The monoisotopic (exact) mass is 241 g/mol. The zero-order chi connectivity index (χ0) is 11.3. The molecule has 0 aromatic heterocycles. The number of benzene rings is 1. The summed E-state index contributed by atoms with van der Waals surface area (Å²) >= 11 is 10.2. The minimum Gasteiger partial charge on any atom is -0.479 e. The number of thiocarbonyl (C=S) groups is 1. The Hall–Kier alpha value is -1.22.